The van der Waals surface area contributed by atoms with Gasteiger partial charge in [-0.15, -0.1) is 0 Å². The number of hydrogen-bond acceptors (Lipinski definition) is 2. The van der Waals surface area contributed by atoms with Crippen molar-refractivity contribution in [3.63, 3.8) is 0 Å². The molecule has 0 atom stereocenters. The van der Waals surface area contributed by atoms with Gasteiger partial charge in [0.05, 0.1) is 6.10 Å². The quantitative estimate of drug-likeness (QED) is 0.846. The minimum Gasteiger partial charge on any atom is -0.393 e. The Morgan fingerprint density at radius 3 is 2.41 bits per heavy atom. The summed E-state index contributed by atoms with van der Waals surface area (Å²) in [6.07, 6.45) is 2.14. The van der Waals surface area contributed by atoms with Gasteiger partial charge in [-0.05, 0) is 37.0 Å². The fourth-order valence-corrected chi connectivity index (χ4v) is 2.13. The van der Waals surface area contributed by atoms with Crippen molar-refractivity contribution in [2.45, 2.75) is 32.3 Å². The van der Waals surface area contributed by atoms with Crippen molar-refractivity contribution >= 4 is 5.91 Å². The SMILES string of the molecule is CCc1ccc(C(=O)N2CCC(O)CC2)cc1. The molecule has 1 aromatic carbocycles. The van der Waals surface area contributed by atoms with Crippen molar-refractivity contribution in [3.05, 3.63) is 35.4 Å². The van der Waals surface area contributed by atoms with Gasteiger partial charge in [-0.2, -0.15) is 0 Å². The predicted molar refractivity (Wildman–Crippen MR) is 67.0 cm³/mol. The van der Waals surface area contributed by atoms with Gasteiger partial charge in [-0.3, -0.25) is 4.79 Å². The molecule has 1 N–H and O–H groups in total. The molecule has 0 aliphatic carbocycles. The maximum Gasteiger partial charge on any atom is 0.253 e. The molecule has 1 saturated heterocycles. The monoisotopic (exact) mass is 233 g/mol. The largest absolute Gasteiger partial charge is 0.393 e. The minimum atomic E-state index is -0.235. The molecule has 3 nitrogen and oxygen atoms in total. The molecule has 2 rings (SSSR count). The van der Waals surface area contributed by atoms with Crippen LogP contribution in [0.2, 0.25) is 0 Å². The highest BCUT2D eigenvalue weighted by molar-refractivity contribution is 5.94. The molecule has 0 unspecified atom stereocenters. The Kier molecular flexibility index (Phi) is 3.79. The first-order valence-electron chi connectivity index (χ1n) is 6.27. The summed E-state index contributed by atoms with van der Waals surface area (Å²) in [6.45, 7) is 3.42. The van der Waals surface area contributed by atoms with Gasteiger partial charge in [0.1, 0.15) is 0 Å². The standard InChI is InChI=1S/C14H19NO2/c1-2-11-3-5-12(6-4-11)14(17)15-9-7-13(16)8-10-15/h3-6,13,16H,2,7-10H2,1H3. The fraction of sp³-hybridized carbons (Fsp3) is 0.500. The van der Waals surface area contributed by atoms with E-state index in [0.717, 1.165) is 12.0 Å². The van der Waals surface area contributed by atoms with Crippen molar-refractivity contribution in [2.24, 2.45) is 0 Å². The molecule has 0 bridgehead atoms. The Labute approximate surface area is 102 Å². The minimum absolute atomic E-state index is 0.0829. The maximum atomic E-state index is 12.2. The number of hydrogen-bond donors (Lipinski definition) is 1. The van der Waals surface area contributed by atoms with Crippen LogP contribution in [0, 0.1) is 0 Å². The summed E-state index contributed by atoms with van der Waals surface area (Å²) >= 11 is 0. The molecule has 0 spiro atoms. The van der Waals surface area contributed by atoms with Gasteiger partial charge < -0.3 is 10.0 Å². The topological polar surface area (TPSA) is 40.5 Å². The molecule has 1 aromatic rings. The molecule has 3 heteroatoms. The summed E-state index contributed by atoms with van der Waals surface area (Å²) in [5.74, 6) is 0.0829. The molecule has 1 amide bonds. The van der Waals surface area contributed by atoms with Gasteiger partial charge in [0, 0.05) is 18.7 Å². The first-order chi connectivity index (χ1) is 8.20. The second-order valence-corrected chi connectivity index (χ2v) is 4.57. The van der Waals surface area contributed by atoms with Gasteiger partial charge in [-0.1, -0.05) is 19.1 Å². The summed E-state index contributed by atoms with van der Waals surface area (Å²) in [5.41, 5.74) is 1.99. The molecule has 1 aliphatic heterocycles. The van der Waals surface area contributed by atoms with Crippen LogP contribution in [-0.4, -0.2) is 35.1 Å². The van der Waals surface area contributed by atoms with Gasteiger partial charge >= 0.3 is 0 Å². The molecule has 0 radical (unpaired) electrons. The van der Waals surface area contributed by atoms with Crippen molar-refractivity contribution in [3.8, 4) is 0 Å². The van der Waals surface area contributed by atoms with E-state index in [9.17, 15) is 9.90 Å². The van der Waals surface area contributed by atoms with Gasteiger partial charge in [-0.25, -0.2) is 0 Å². The zero-order valence-electron chi connectivity index (χ0n) is 10.2. The highest BCUT2D eigenvalue weighted by Crippen LogP contribution is 2.14. The van der Waals surface area contributed by atoms with E-state index in [1.54, 1.807) is 0 Å². The first kappa shape index (κ1) is 12.1. The Balaban J connectivity index is 2.03. The van der Waals surface area contributed by atoms with Crippen LogP contribution in [0.15, 0.2) is 24.3 Å². The molecule has 17 heavy (non-hydrogen) atoms. The van der Waals surface area contributed by atoms with Crippen LogP contribution in [0.25, 0.3) is 0 Å². The maximum absolute atomic E-state index is 12.2. The zero-order valence-corrected chi connectivity index (χ0v) is 10.2. The van der Waals surface area contributed by atoms with E-state index in [2.05, 4.69) is 6.92 Å². The first-order valence-corrected chi connectivity index (χ1v) is 6.27. The van der Waals surface area contributed by atoms with Crippen molar-refractivity contribution < 1.29 is 9.90 Å². The lowest BCUT2D eigenvalue weighted by Gasteiger charge is -2.29. The Hall–Kier alpha value is -1.35. The van der Waals surface area contributed by atoms with Crippen LogP contribution in [0.1, 0.15) is 35.7 Å². The van der Waals surface area contributed by atoms with E-state index in [0.29, 0.717) is 25.9 Å². The Bertz CT molecular complexity index is 378. The Morgan fingerprint density at radius 1 is 1.29 bits per heavy atom. The molecule has 1 aliphatic rings. The Morgan fingerprint density at radius 2 is 1.88 bits per heavy atom. The van der Waals surface area contributed by atoms with E-state index in [1.807, 2.05) is 29.2 Å². The number of aryl methyl sites for hydroxylation is 1. The van der Waals surface area contributed by atoms with E-state index in [-0.39, 0.29) is 12.0 Å². The highest BCUT2D eigenvalue weighted by atomic mass is 16.3. The molecular formula is C14H19NO2. The fourth-order valence-electron chi connectivity index (χ4n) is 2.13. The highest BCUT2D eigenvalue weighted by Gasteiger charge is 2.21. The van der Waals surface area contributed by atoms with Crippen LogP contribution in [0.3, 0.4) is 0 Å². The lowest BCUT2D eigenvalue weighted by Crippen LogP contribution is -2.40. The van der Waals surface area contributed by atoms with Gasteiger partial charge in [0.2, 0.25) is 0 Å². The van der Waals surface area contributed by atoms with Gasteiger partial charge in [0.15, 0.2) is 0 Å². The summed E-state index contributed by atoms with van der Waals surface area (Å²) < 4.78 is 0. The molecule has 92 valence electrons. The number of carbonyl (C=O) groups excluding carboxylic acids is 1. The average molecular weight is 233 g/mol. The van der Waals surface area contributed by atoms with Crippen LogP contribution < -0.4 is 0 Å². The number of rotatable bonds is 2. The van der Waals surface area contributed by atoms with Crippen molar-refractivity contribution in [1.29, 1.82) is 0 Å². The van der Waals surface area contributed by atoms with Crippen molar-refractivity contribution in [2.75, 3.05) is 13.1 Å². The summed E-state index contributed by atoms with van der Waals surface area (Å²) in [7, 11) is 0. The summed E-state index contributed by atoms with van der Waals surface area (Å²) in [4.78, 5) is 14.0. The van der Waals surface area contributed by atoms with Crippen LogP contribution in [-0.2, 0) is 6.42 Å². The molecule has 1 fully saturated rings. The number of aliphatic hydroxyl groups is 1. The lowest BCUT2D eigenvalue weighted by atomic mass is 10.1. The van der Waals surface area contributed by atoms with Crippen LogP contribution >= 0.6 is 0 Å². The molecule has 0 aromatic heterocycles. The number of amides is 1. The van der Waals surface area contributed by atoms with E-state index >= 15 is 0 Å². The summed E-state index contributed by atoms with van der Waals surface area (Å²) in [6, 6.07) is 7.80. The second kappa shape index (κ2) is 5.32. The smallest absolute Gasteiger partial charge is 0.253 e. The third-order valence-corrected chi connectivity index (χ3v) is 3.36. The number of carbonyl (C=O) groups is 1. The van der Waals surface area contributed by atoms with E-state index in [4.69, 9.17) is 0 Å². The second-order valence-electron chi connectivity index (χ2n) is 4.57. The van der Waals surface area contributed by atoms with Crippen LogP contribution in [0.5, 0.6) is 0 Å². The van der Waals surface area contributed by atoms with Crippen LogP contribution in [0.4, 0.5) is 0 Å². The third kappa shape index (κ3) is 2.86. The summed E-state index contributed by atoms with van der Waals surface area (Å²) in [5, 5.41) is 9.41. The number of piperidine rings is 1. The lowest BCUT2D eigenvalue weighted by molar-refractivity contribution is 0.0546. The normalized spacial score (nSPS) is 17.2. The average Bonchev–Trinajstić information content (AvgIpc) is 2.39. The third-order valence-electron chi connectivity index (χ3n) is 3.36. The molecular weight excluding hydrogens is 214 g/mol. The number of benzene rings is 1. The van der Waals surface area contributed by atoms with Gasteiger partial charge in [0.25, 0.3) is 5.91 Å². The predicted octanol–water partition coefficient (Wildman–Crippen LogP) is 1.85. The molecule has 1 heterocycles. The number of aliphatic hydroxyl groups excluding tert-OH is 1. The zero-order chi connectivity index (χ0) is 12.3. The van der Waals surface area contributed by atoms with Crippen molar-refractivity contribution in [1.82, 2.24) is 4.90 Å². The molecule has 0 saturated carbocycles. The number of likely N-dealkylation sites (tertiary alicyclic amines) is 1. The van der Waals surface area contributed by atoms with E-state index in [1.165, 1.54) is 5.56 Å². The number of nitrogens with zero attached hydrogens (tertiary/aromatic N) is 1. The van der Waals surface area contributed by atoms with E-state index < -0.39 is 0 Å².